The van der Waals surface area contributed by atoms with Crippen molar-refractivity contribution in [3.8, 4) is 5.75 Å². The van der Waals surface area contributed by atoms with Gasteiger partial charge in [-0.25, -0.2) is 0 Å². The molecular weight excluding hydrogens is 258 g/mol. The number of rotatable bonds is 7. The number of carbonyl (C=O) groups is 2. The third kappa shape index (κ3) is 5.46. The summed E-state index contributed by atoms with van der Waals surface area (Å²) in [6.07, 6.45) is 0.764. The lowest BCUT2D eigenvalue weighted by Crippen LogP contribution is -2.04. The molecule has 0 aliphatic rings. The van der Waals surface area contributed by atoms with Gasteiger partial charge < -0.3 is 9.47 Å². The highest BCUT2D eigenvalue weighted by Crippen LogP contribution is 2.16. The van der Waals surface area contributed by atoms with Crippen LogP contribution in [0.1, 0.15) is 29.6 Å². The Morgan fingerprint density at radius 2 is 1.79 bits per heavy atom. The Balaban J connectivity index is 2.46. The van der Waals surface area contributed by atoms with Crippen LogP contribution in [0.3, 0.4) is 0 Å². The van der Waals surface area contributed by atoms with Gasteiger partial charge in [-0.3, -0.25) is 9.59 Å². The Hall–Kier alpha value is -1.98. The lowest BCUT2D eigenvalue weighted by Gasteiger charge is -2.05. The van der Waals surface area contributed by atoms with Crippen LogP contribution in [-0.4, -0.2) is 25.5 Å². The Kier molecular flexibility index (Phi) is 5.92. The molecule has 0 bridgehead atoms. The maximum absolute atomic E-state index is 11.9. The van der Waals surface area contributed by atoms with Crippen molar-refractivity contribution in [2.24, 2.45) is 0 Å². The second-order valence-electron chi connectivity index (χ2n) is 3.76. The molecule has 0 atom stereocenters. The summed E-state index contributed by atoms with van der Waals surface area (Å²) in [7, 11) is 1.28. The molecule has 0 fully saturated rings. The van der Waals surface area contributed by atoms with Crippen LogP contribution >= 0.6 is 0 Å². The zero-order valence-corrected chi connectivity index (χ0v) is 10.4. The van der Waals surface area contributed by atoms with Gasteiger partial charge in [0.15, 0.2) is 5.78 Å². The molecule has 0 saturated carbocycles. The van der Waals surface area contributed by atoms with Crippen LogP contribution in [-0.2, 0) is 9.53 Å². The molecule has 0 amide bonds. The first kappa shape index (κ1) is 15.1. The number of hydrogen-bond acceptors (Lipinski definition) is 4. The minimum absolute atomic E-state index is 0.00103. The molecule has 0 N–H and O–H groups in total. The normalized spacial score (nSPS) is 10.3. The first-order valence-corrected chi connectivity index (χ1v) is 5.68. The van der Waals surface area contributed by atoms with Gasteiger partial charge in [0.25, 0.3) is 0 Å². The van der Waals surface area contributed by atoms with E-state index in [1.54, 1.807) is 0 Å². The second kappa shape index (κ2) is 7.45. The van der Waals surface area contributed by atoms with Crippen LogP contribution in [0, 0.1) is 0 Å². The second-order valence-corrected chi connectivity index (χ2v) is 3.76. The molecule has 0 saturated heterocycles. The molecule has 0 aliphatic heterocycles. The molecule has 104 valence electrons. The van der Waals surface area contributed by atoms with Gasteiger partial charge >= 0.3 is 12.6 Å². The summed E-state index contributed by atoms with van der Waals surface area (Å²) >= 11 is 0. The predicted octanol–water partition coefficient (Wildman–Crippen LogP) is 2.81. The number of Topliss-reactive ketones (excluding diaryl/α,β-unsaturated/α-hetero) is 1. The smallest absolute Gasteiger partial charge is 0.387 e. The minimum Gasteiger partial charge on any atom is -0.469 e. The summed E-state index contributed by atoms with van der Waals surface area (Å²) < 4.78 is 32.5. The summed E-state index contributed by atoms with van der Waals surface area (Å²) in [6, 6.07) is 5.44. The van der Waals surface area contributed by atoms with E-state index in [0.717, 1.165) is 0 Å². The van der Waals surface area contributed by atoms with Gasteiger partial charge in [-0.2, -0.15) is 8.78 Å². The van der Waals surface area contributed by atoms with Gasteiger partial charge in [0.2, 0.25) is 0 Å². The van der Waals surface area contributed by atoms with Gasteiger partial charge in [-0.1, -0.05) is 0 Å². The van der Waals surface area contributed by atoms with Crippen LogP contribution in [0.2, 0.25) is 0 Å². The van der Waals surface area contributed by atoms with E-state index in [1.807, 2.05) is 0 Å². The molecule has 0 spiro atoms. The average Bonchev–Trinajstić information content (AvgIpc) is 2.38. The van der Waals surface area contributed by atoms with Crippen molar-refractivity contribution >= 4 is 11.8 Å². The Morgan fingerprint density at radius 3 is 2.32 bits per heavy atom. The highest BCUT2D eigenvalue weighted by Gasteiger charge is 2.09. The molecule has 19 heavy (non-hydrogen) atoms. The van der Waals surface area contributed by atoms with Gasteiger partial charge in [0.05, 0.1) is 7.11 Å². The van der Waals surface area contributed by atoms with Gasteiger partial charge in [-0.05, 0) is 30.7 Å². The number of halogens is 2. The summed E-state index contributed by atoms with van der Waals surface area (Å²) in [5.74, 6) is -0.526. The standard InChI is InChI=1S/C13H14F2O4/c1-18-12(17)4-2-3-11(16)9-5-7-10(8-6-9)19-13(14)15/h5-8,13H,2-4H2,1H3. The molecule has 1 aromatic rings. The summed E-state index contributed by atoms with van der Waals surface area (Å²) in [6.45, 7) is -2.89. The van der Waals surface area contributed by atoms with Crippen LogP contribution in [0.15, 0.2) is 24.3 Å². The van der Waals surface area contributed by atoms with Crippen LogP contribution in [0.4, 0.5) is 8.78 Å². The van der Waals surface area contributed by atoms with E-state index < -0.39 is 6.61 Å². The van der Waals surface area contributed by atoms with Crippen molar-refractivity contribution in [2.45, 2.75) is 25.9 Å². The molecule has 0 radical (unpaired) electrons. The number of benzene rings is 1. The van der Waals surface area contributed by atoms with Crippen LogP contribution in [0.25, 0.3) is 0 Å². The first-order valence-electron chi connectivity index (χ1n) is 5.68. The maximum Gasteiger partial charge on any atom is 0.387 e. The van der Waals surface area contributed by atoms with E-state index in [1.165, 1.54) is 31.4 Å². The van der Waals surface area contributed by atoms with Crippen molar-refractivity contribution in [3.05, 3.63) is 29.8 Å². The van der Waals surface area contributed by atoms with Crippen molar-refractivity contribution in [3.63, 3.8) is 0 Å². The number of ketones is 1. The lowest BCUT2D eigenvalue weighted by molar-refractivity contribution is -0.140. The quantitative estimate of drug-likeness (QED) is 0.565. The van der Waals surface area contributed by atoms with Crippen molar-refractivity contribution in [1.29, 1.82) is 0 Å². The van der Waals surface area contributed by atoms with E-state index in [4.69, 9.17) is 0 Å². The van der Waals surface area contributed by atoms with Crippen LogP contribution in [0.5, 0.6) is 5.75 Å². The Labute approximate surface area is 109 Å². The van der Waals surface area contributed by atoms with Gasteiger partial charge in [-0.15, -0.1) is 0 Å². The molecule has 0 aliphatic carbocycles. The van der Waals surface area contributed by atoms with Crippen LogP contribution < -0.4 is 4.74 Å². The number of methoxy groups -OCH3 is 1. The Bertz CT molecular complexity index is 429. The number of hydrogen-bond donors (Lipinski definition) is 0. The van der Waals surface area contributed by atoms with E-state index >= 15 is 0 Å². The van der Waals surface area contributed by atoms with Crippen molar-refractivity contribution < 1.29 is 27.8 Å². The number of esters is 1. The zero-order chi connectivity index (χ0) is 14.3. The van der Waals surface area contributed by atoms with E-state index in [9.17, 15) is 18.4 Å². The average molecular weight is 272 g/mol. The lowest BCUT2D eigenvalue weighted by atomic mass is 10.1. The fourth-order valence-electron chi connectivity index (χ4n) is 1.46. The maximum atomic E-state index is 11.9. The minimum atomic E-state index is -2.89. The summed E-state index contributed by atoms with van der Waals surface area (Å²) in [5.41, 5.74) is 0.395. The van der Waals surface area contributed by atoms with E-state index in [0.29, 0.717) is 12.0 Å². The highest BCUT2D eigenvalue weighted by atomic mass is 19.3. The zero-order valence-electron chi connectivity index (χ0n) is 10.4. The molecule has 0 aromatic heterocycles. The van der Waals surface area contributed by atoms with Gasteiger partial charge in [0, 0.05) is 18.4 Å². The third-order valence-electron chi connectivity index (χ3n) is 2.41. The molecule has 6 heteroatoms. The van der Waals surface area contributed by atoms with E-state index in [2.05, 4.69) is 9.47 Å². The van der Waals surface area contributed by atoms with Crippen molar-refractivity contribution in [2.75, 3.05) is 7.11 Å². The molecular formula is C13H14F2O4. The summed E-state index contributed by atoms with van der Waals surface area (Å²) in [5, 5.41) is 0. The van der Waals surface area contributed by atoms with Gasteiger partial charge in [0.1, 0.15) is 5.75 Å². The highest BCUT2D eigenvalue weighted by molar-refractivity contribution is 5.96. The largest absolute Gasteiger partial charge is 0.469 e. The predicted molar refractivity (Wildman–Crippen MR) is 63.3 cm³/mol. The SMILES string of the molecule is COC(=O)CCCC(=O)c1ccc(OC(F)F)cc1. The molecule has 0 heterocycles. The number of carbonyl (C=O) groups excluding carboxylic acids is 2. The van der Waals surface area contributed by atoms with Crippen molar-refractivity contribution in [1.82, 2.24) is 0 Å². The topological polar surface area (TPSA) is 52.6 Å². The fourth-order valence-corrected chi connectivity index (χ4v) is 1.46. The molecule has 0 unspecified atom stereocenters. The fraction of sp³-hybridized carbons (Fsp3) is 0.385. The van der Waals surface area contributed by atoms with E-state index in [-0.39, 0.29) is 30.3 Å². The monoisotopic (exact) mass is 272 g/mol. The first-order chi connectivity index (χ1) is 9.02. The summed E-state index contributed by atoms with van der Waals surface area (Å²) in [4.78, 5) is 22.6. The molecule has 1 aromatic carbocycles. The molecule has 4 nitrogen and oxygen atoms in total. The number of alkyl halides is 2. The molecule has 1 rings (SSSR count). The third-order valence-corrected chi connectivity index (χ3v) is 2.41. The Morgan fingerprint density at radius 1 is 1.16 bits per heavy atom. The number of ether oxygens (including phenoxy) is 2.